The van der Waals surface area contributed by atoms with Crippen LogP contribution in [-0.4, -0.2) is 38.2 Å². The summed E-state index contributed by atoms with van der Waals surface area (Å²) in [7, 11) is 0.770. The minimum atomic E-state index is -6.32. The van der Waals surface area contributed by atoms with E-state index in [4.69, 9.17) is 11.6 Å². The molecule has 3 rings (SSSR count). The number of carbonyl (C=O) groups excluding carboxylic acids is 1. The molecule has 0 fully saturated rings. The first-order valence-electron chi connectivity index (χ1n) is 8.92. The summed E-state index contributed by atoms with van der Waals surface area (Å²) in [5.41, 5.74) is -4.61. The van der Waals surface area contributed by atoms with Crippen molar-refractivity contribution in [1.82, 2.24) is 24.9 Å². The Bertz CT molecular complexity index is 1240. The maximum atomic E-state index is 13.9. The van der Waals surface area contributed by atoms with Gasteiger partial charge < -0.3 is 5.32 Å². The normalized spacial score (nSPS) is 12.8. The average Bonchev–Trinajstić information content (AvgIpc) is 3.41. The zero-order chi connectivity index (χ0) is 25.6. The topological polar surface area (TPSA) is 64.7 Å². The summed E-state index contributed by atoms with van der Waals surface area (Å²) in [6, 6.07) is 1.32. The zero-order valence-corrected chi connectivity index (χ0v) is 18.3. The van der Waals surface area contributed by atoms with Crippen molar-refractivity contribution in [2.45, 2.75) is 18.3 Å². The van der Waals surface area contributed by atoms with Crippen LogP contribution in [0.15, 0.2) is 31.1 Å². The van der Waals surface area contributed by atoms with Crippen LogP contribution in [0.1, 0.15) is 21.6 Å². The fourth-order valence-corrected chi connectivity index (χ4v) is 4.13. The third kappa shape index (κ3) is 4.53. The molecule has 0 radical (unpaired) electrons. The minimum absolute atomic E-state index is 0.0490. The molecule has 1 amide bonds. The Morgan fingerprint density at radius 2 is 1.88 bits per heavy atom. The van der Waals surface area contributed by atoms with Crippen LogP contribution >= 0.6 is 22.9 Å². The molecule has 0 saturated heterocycles. The van der Waals surface area contributed by atoms with Crippen molar-refractivity contribution in [2.24, 2.45) is 7.05 Å². The van der Waals surface area contributed by atoms with Crippen molar-refractivity contribution in [3.8, 4) is 16.3 Å². The van der Waals surface area contributed by atoms with Gasteiger partial charge >= 0.3 is 18.3 Å². The number of aryl methyl sites for hydroxylation is 1. The smallest absolute Gasteiger partial charge is 0.349 e. The highest BCUT2D eigenvalue weighted by atomic mass is 35.5. The SMILES string of the molecule is C=CCNC(=O)c1cc(-c2cnn(-c3c(C(F)(F)F)c(C(F)(F)C(F)(F)F)nn3C)c2)sc1Cl. The van der Waals surface area contributed by atoms with Gasteiger partial charge in [-0.3, -0.25) is 4.79 Å². The molecule has 34 heavy (non-hydrogen) atoms. The lowest BCUT2D eigenvalue weighted by Gasteiger charge is -2.19. The van der Waals surface area contributed by atoms with Crippen LogP contribution in [0.4, 0.5) is 35.1 Å². The highest BCUT2D eigenvalue weighted by molar-refractivity contribution is 7.19. The Balaban J connectivity index is 2.10. The van der Waals surface area contributed by atoms with Crippen molar-refractivity contribution < 1.29 is 39.9 Å². The van der Waals surface area contributed by atoms with Gasteiger partial charge in [-0.2, -0.15) is 45.3 Å². The highest BCUT2D eigenvalue weighted by Crippen LogP contribution is 2.49. The van der Waals surface area contributed by atoms with E-state index in [0.717, 1.165) is 30.8 Å². The molecule has 0 aliphatic rings. The summed E-state index contributed by atoms with van der Waals surface area (Å²) >= 11 is 6.93. The zero-order valence-electron chi connectivity index (χ0n) is 16.7. The first kappa shape index (κ1) is 25.7. The van der Waals surface area contributed by atoms with Crippen molar-refractivity contribution in [2.75, 3.05) is 6.54 Å². The summed E-state index contributed by atoms with van der Waals surface area (Å²) in [6.07, 6.45) is -8.53. The summed E-state index contributed by atoms with van der Waals surface area (Å²) in [5, 5.41) is 8.99. The first-order valence-corrected chi connectivity index (χ1v) is 10.1. The first-order chi connectivity index (χ1) is 15.6. The van der Waals surface area contributed by atoms with E-state index in [0.29, 0.717) is 4.68 Å². The fourth-order valence-electron chi connectivity index (χ4n) is 2.88. The number of hydrogen-bond acceptors (Lipinski definition) is 4. The third-order valence-corrected chi connectivity index (χ3v) is 5.78. The number of rotatable bonds is 6. The Labute approximate surface area is 194 Å². The molecule has 6 nitrogen and oxygen atoms in total. The van der Waals surface area contributed by atoms with E-state index >= 15 is 0 Å². The molecule has 0 unspecified atom stereocenters. The molecule has 3 aromatic heterocycles. The standard InChI is InChI=1S/C18H12ClF8N5OS/c1-3-4-28-14(33)9-5-10(34-13(9)19)8-6-29-32(7-8)15-11(17(22,23)24)12(30-31(15)2)16(20,21)18(25,26)27/h3,5-7H,1,4H2,2H3,(H,28,33). The second kappa shape index (κ2) is 8.69. The van der Waals surface area contributed by atoms with E-state index in [2.05, 4.69) is 22.1 Å². The lowest BCUT2D eigenvalue weighted by Crippen LogP contribution is -2.36. The van der Waals surface area contributed by atoms with Crippen LogP contribution in [0.2, 0.25) is 4.34 Å². The van der Waals surface area contributed by atoms with E-state index in [1.165, 1.54) is 12.1 Å². The maximum absolute atomic E-state index is 13.9. The Morgan fingerprint density at radius 3 is 2.44 bits per heavy atom. The number of nitrogens with zero attached hydrogens (tertiary/aromatic N) is 4. The number of alkyl halides is 8. The molecule has 1 N–H and O–H groups in total. The number of nitrogens with one attached hydrogen (secondary N) is 1. The largest absolute Gasteiger partial charge is 0.459 e. The predicted octanol–water partition coefficient (Wildman–Crippen LogP) is 5.58. The van der Waals surface area contributed by atoms with Gasteiger partial charge in [-0.05, 0) is 6.07 Å². The van der Waals surface area contributed by atoms with Gasteiger partial charge in [-0.25, -0.2) is 9.36 Å². The molecule has 0 bridgehead atoms. The van der Waals surface area contributed by atoms with Crippen LogP contribution in [0.3, 0.4) is 0 Å². The van der Waals surface area contributed by atoms with Crippen molar-refractivity contribution >= 4 is 28.8 Å². The second-order valence-electron chi connectivity index (χ2n) is 6.71. The van der Waals surface area contributed by atoms with Gasteiger partial charge in [0, 0.05) is 30.2 Å². The molecular weight excluding hydrogens is 522 g/mol. The van der Waals surface area contributed by atoms with Gasteiger partial charge in [0.15, 0.2) is 11.5 Å². The molecule has 0 saturated carbocycles. The maximum Gasteiger partial charge on any atom is 0.459 e. The lowest BCUT2D eigenvalue weighted by atomic mass is 10.1. The van der Waals surface area contributed by atoms with E-state index < -0.39 is 41.3 Å². The lowest BCUT2D eigenvalue weighted by molar-refractivity contribution is -0.292. The molecule has 184 valence electrons. The number of amides is 1. The van der Waals surface area contributed by atoms with E-state index in [-0.39, 0.29) is 31.6 Å². The number of halogens is 9. The van der Waals surface area contributed by atoms with Crippen molar-refractivity contribution in [3.05, 3.63) is 52.3 Å². The number of carbonyl (C=O) groups is 1. The molecule has 0 aromatic carbocycles. The van der Waals surface area contributed by atoms with Crippen LogP contribution < -0.4 is 5.32 Å². The van der Waals surface area contributed by atoms with Crippen LogP contribution in [0, 0.1) is 0 Å². The molecule has 3 heterocycles. The second-order valence-corrected chi connectivity index (χ2v) is 8.37. The molecule has 0 spiro atoms. The van der Waals surface area contributed by atoms with E-state index in [1.807, 2.05) is 0 Å². The number of hydrogen-bond donors (Lipinski definition) is 1. The third-order valence-electron chi connectivity index (χ3n) is 4.38. The Kier molecular flexibility index (Phi) is 6.56. The number of aromatic nitrogens is 4. The Hall–Kier alpha value is -2.94. The van der Waals surface area contributed by atoms with E-state index in [9.17, 15) is 39.9 Å². The highest BCUT2D eigenvalue weighted by Gasteiger charge is 2.64. The number of thiophene rings is 1. The van der Waals surface area contributed by atoms with Crippen molar-refractivity contribution in [3.63, 3.8) is 0 Å². The summed E-state index contributed by atoms with van der Waals surface area (Å²) < 4.78 is 108. The fraction of sp³-hybridized carbons (Fsp3) is 0.278. The molecular formula is C18H12ClF8N5OS. The van der Waals surface area contributed by atoms with Crippen LogP contribution in [0.5, 0.6) is 0 Å². The van der Waals surface area contributed by atoms with Crippen LogP contribution in [-0.2, 0) is 19.1 Å². The minimum Gasteiger partial charge on any atom is -0.349 e. The van der Waals surface area contributed by atoms with Gasteiger partial charge in [-0.15, -0.1) is 17.9 Å². The van der Waals surface area contributed by atoms with E-state index in [1.54, 1.807) is 0 Å². The summed E-state index contributed by atoms with van der Waals surface area (Å²) in [5.74, 6) is -7.59. The van der Waals surface area contributed by atoms with Crippen molar-refractivity contribution in [1.29, 1.82) is 0 Å². The summed E-state index contributed by atoms with van der Waals surface area (Å²) in [6.45, 7) is 3.58. The Morgan fingerprint density at radius 1 is 1.24 bits per heavy atom. The van der Waals surface area contributed by atoms with Gasteiger partial charge in [0.2, 0.25) is 0 Å². The van der Waals surface area contributed by atoms with Crippen LogP contribution in [0.25, 0.3) is 16.3 Å². The van der Waals surface area contributed by atoms with Gasteiger partial charge in [-0.1, -0.05) is 17.7 Å². The van der Waals surface area contributed by atoms with Gasteiger partial charge in [0.1, 0.15) is 9.90 Å². The summed E-state index contributed by atoms with van der Waals surface area (Å²) in [4.78, 5) is 12.4. The average molecular weight is 534 g/mol. The quantitative estimate of drug-likeness (QED) is 0.332. The van der Waals surface area contributed by atoms with Gasteiger partial charge in [0.25, 0.3) is 5.91 Å². The molecule has 0 aliphatic heterocycles. The predicted molar refractivity (Wildman–Crippen MR) is 106 cm³/mol. The monoisotopic (exact) mass is 533 g/mol. The molecule has 16 heteroatoms. The molecule has 0 aliphatic carbocycles. The van der Waals surface area contributed by atoms with Gasteiger partial charge in [0.05, 0.1) is 11.8 Å². The molecule has 0 atom stereocenters. The molecule has 3 aromatic rings.